The van der Waals surface area contributed by atoms with E-state index in [0.717, 1.165) is 12.1 Å². The van der Waals surface area contributed by atoms with Crippen LogP contribution in [0.25, 0.3) is 11.3 Å². The van der Waals surface area contributed by atoms with Gasteiger partial charge in [0.15, 0.2) is 0 Å². The number of halogens is 2. The van der Waals surface area contributed by atoms with Gasteiger partial charge in [0.05, 0.1) is 34.7 Å². The van der Waals surface area contributed by atoms with Crippen LogP contribution in [-0.2, 0) is 16.9 Å². The molecule has 174 valence electrons. The molecular formula is C24H22F2N6O2. The van der Waals surface area contributed by atoms with Crippen LogP contribution in [0.15, 0.2) is 42.6 Å². The number of carbonyl (C=O) groups excluding carboxylic acids is 2. The van der Waals surface area contributed by atoms with Gasteiger partial charge in [0, 0.05) is 26.3 Å². The van der Waals surface area contributed by atoms with Crippen molar-refractivity contribution in [2.75, 3.05) is 25.5 Å². The van der Waals surface area contributed by atoms with E-state index in [-0.39, 0.29) is 29.6 Å². The Bertz CT molecular complexity index is 1290. The van der Waals surface area contributed by atoms with E-state index in [1.54, 1.807) is 30.3 Å². The number of nitrogens with zero attached hydrogens (tertiary/aromatic N) is 3. The highest BCUT2D eigenvalue weighted by Crippen LogP contribution is 2.33. The van der Waals surface area contributed by atoms with Crippen molar-refractivity contribution in [2.45, 2.75) is 19.0 Å². The Hall–Kier alpha value is -3.92. The number of nitrogens with one attached hydrogen (secondary N) is 3. The van der Waals surface area contributed by atoms with Crippen molar-refractivity contribution in [1.82, 2.24) is 25.5 Å². The molecule has 2 aliphatic rings. The first kappa shape index (κ1) is 21.9. The van der Waals surface area contributed by atoms with Crippen LogP contribution in [0, 0.1) is 11.6 Å². The molecule has 1 atom stereocenters. The summed E-state index contributed by atoms with van der Waals surface area (Å²) in [7, 11) is 1.76. The zero-order valence-electron chi connectivity index (χ0n) is 18.6. The summed E-state index contributed by atoms with van der Waals surface area (Å²) in [4.78, 5) is 35.6. The van der Waals surface area contributed by atoms with Crippen LogP contribution in [0.5, 0.6) is 0 Å². The first-order chi connectivity index (χ1) is 16.3. The van der Waals surface area contributed by atoms with Gasteiger partial charge in [0.1, 0.15) is 23.0 Å². The topological polar surface area (TPSA) is 99.2 Å². The molecule has 1 fully saturated rings. The number of piperazine rings is 1. The second kappa shape index (κ2) is 8.14. The van der Waals surface area contributed by atoms with Crippen molar-refractivity contribution >= 4 is 23.3 Å². The van der Waals surface area contributed by atoms with Crippen LogP contribution >= 0.6 is 0 Å². The van der Waals surface area contributed by atoms with Crippen LogP contribution in [0.4, 0.5) is 20.3 Å². The van der Waals surface area contributed by atoms with E-state index >= 15 is 0 Å². The molecule has 0 aliphatic carbocycles. The molecule has 2 aliphatic heterocycles. The molecule has 0 bridgehead atoms. The summed E-state index contributed by atoms with van der Waals surface area (Å²) in [6.45, 7) is 3.25. The minimum atomic E-state index is -0.897. The minimum absolute atomic E-state index is 0.0542. The Morgan fingerprint density at radius 2 is 1.88 bits per heavy atom. The number of aromatic nitrogens is 2. The standard InChI is InChI=1S/C24H22F2N6O2/c1-24(23(34)32(2)9-8-29-24)13-6-7-19(27-11-13)31-17-10-16(20-14(25)4-3-5-15(20)26)30-18-12-28-22(33)21(17)18/h3-7,10-11,29H,8-9,12H2,1-2H3,(H,28,33)(H,27,30,31)/t24-/m0/s1. The van der Waals surface area contributed by atoms with E-state index in [4.69, 9.17) is 0 Å². The van der Waals surface area contributed by atoms with Gasteiger partial charge < -0.3 is 15.5 Å². The van der Waals surface area contributed by atoms with Crippen LogP contribution in [0.3, 0.4) is 0 Å². The number of carbonyl (C=O) groups is 2. The summed E-state index contributed by atoms with van der Waals surface area (Å²) in [5.74, 6) is -1.49. The normalized spacial score (nSPS) is 19.7. The quantitative estimate of drug-likeness (QED) is 0.549. The van der Waals surface area contributed by atoms with E-state index in [1.165, 1.54) is 12.1 Å². The largest absolute Gasteiger partial charge is 0.346 e. The van der Waals surface area contributed by atoms with Crippen molar-refractivity contribution in [3.63, 3.8) is 0 Å². The number of anilines is 2. The zero-order chi connectivity index (χ0) is 24.0. The van der Waals surface area contributed by atoms with Gasteiger partial charge in [0.2, 0.25) is 5.91 Å². The highest BCUT2D eigenvalue weighted by Gasteiger charge is 2.40. The van der Waals surface area contributed by atoms with Gasteiger partial charge >= 0.3 is 0 Å². The molecule has 1 aromatic carbocycles. The van der Waals surface area contributed by atoms with Crippen LogP contribution in [-0.4, -0.2) is 46.8 Å². The van der Waals surface area contributed by atoms with Gasteiger partial charge in [-0.15, -0.1) is 0 Å². The predicted molar refractivity (Wildman–Crippen MR) is 121 cm³/mol. The smallest absolute Gasteiger partial charge is 0.255 e. The van der Waals surface area contributed by atoms with E-state index in [2.05, 4.69) is 25.9 Å². The Morgan fingerprint density at radius 1 is 1.12 bits per heavy atom. The molecular weight excluding hydrogens is 442 g/mol. The summed E-state index contributed by atoms with van der Waals surface area (Å²) in [5.41, 5.74) is 0.608. The number of amides is 2. The third kappa shape index (κ3) is 3.56. The Labute approximate surface area is 194 Å². The first-order valence-electron chi connectivity index (χ1n) is 10.8. The lowest BCUT2D eigenvalue weighted by Crippen LogP contribution is -2.59. The lowest BCUT2D eigenvalue weighted by molar-refractivity contribution is -0.139. The fourth-order valence-electron chi connectivity index (χ4n) is 4.36. The van der Waals surface area contributed by atoms with Crippen LogP contribution < -0.4 is 16.0 Å². The number of hydrogen-bond acceptors (Lipinski definition) is 6. The highest BCUT2D eigenvalue weighted by molar-refractivity contribution is 6.04. The lowest BCUT2D eigenvalue weighted by Gasteiger charge is -2.38. The van der Waals surface area contributed by atoms with Gasteiger partial charge in [-0.2, -0.15) is 0 Å². The zero-order valence-corrected chi connectivity index (χ0v) is 18.6. The van der Waals surface area contributed by atoms with Gasteiger partial charge in [-0.05, 0) is 36.8 Å². The predicted octanol–water partition coefficient (Wildman–Crippen LogP) is 2.69. The maximum atomic E-state index is 14.4. The summed E-state index contributed by atoms with van der Waals surface area (Å²) in [6, 6.07) is 8.49. The molecule has 2 aromatic heterocycles. The number of pyridine rings is 2. The number of benzene rings is 1. The summed E-state index contributed by atoms with van der Waals surface area (Å²) in [5, 5.41) is 9.01. The van der Waals surface area contributed by atoms with Crippen LogP contribution in [0.1, 0.15) is 28.5 Å². The second-order valence-electron chi connectivity index (χ2n) is 8.49. The lowest BCUT2D eigenvalue weighted by atomic mass is 9.90. The monoisotopic (exact) mass is 464 g/mol. The van der Waals surface area contributed by atoms with Gasteiger partial charge in [0.25, 0.3) is 5.91 Å². The molecule has 0 unspecified atom stereocenters. The molecule has 0 radical (unpaired) electrons. The molecule has 2 amide bonds. The Kier molecular flexibility index (Phi) is 5.24. The summed E-state index contributed by atoms with van der Waals surface area (Å²) < 4.78 is 28.8. The molecule has 0 saturated carbocycles. The number of hydrogen-bond donors (Lipinski definition) is 3. The van der Waals surface area contributed by atoms with Crippen molar-refractivity contribution in [3.05, 3.63) is 71.1 Å². The molecule has 5 rings (SSSR count). The molecule has 8 nitrogen and oxygen atoms in total. The molecule has 3 aromatic rings. The van der Waals surface area contributed by atoms with Crippen molar-refractivity contribution in [1.29, 1.82) is 0 Å². The third-order valence-corrected chi connectivity index (χ3v) is 6.26. The summed E-state index contributed by atoms with van der Waals surface area (Å²) in [6.07, 6.45) is 1.59. The van der Waals surface area contributed by atoms with Gasteiger partial charge in [-0.25, -0.2) is 18.7 Å². The van der Waals surface area contributed by atoms with E-state index in [1.807, 2.05) is 6.92 Å². The molecule has 4 heterocycles. The molecule has 0 spiro atoms. The molecule has 34 heavy (non-hydrogen) atoms. The van der Waals surface area contributed by atoms with Crippen molar-refractivity contribution < 1.29 is 18.4 Å². The first-order valence-corrected chi connectivity index (χ1v) is 10.8. The van der Waals surface area contributed by atoms with E-state index < -0.39 is 17.2 Å². The Balaban J connectivity index is 1.51. The van der Waals surface area contributed by atoms with Crippen molar-refractivity contribution in [2.24, 2.45) is 0 Å². The highest BCUT2D eigenvalue weighted by atomic mass is 19.1. The molecule has 1 saturated heterocycles. The number of likely N-dealkylation sites (N-methyl/N-ethyl adjacent to an activating group) is 1. The number of rotatable bonds is 4. The minimum Gasteiger partial charge on any atom is -0.346 e. The van der Waals surface area contributed by atoms with E-state index in [0.29, 0.717) is 41.4 Å². The average molecular weight is 464 g/mol. The average Bonchev–Trinajstić information content (AvgIpc) is 3.19. The van der Waals surface area contributed by atoms with Gasteiger partial charge in [-0.3, -0.25) is 14.9 Å². The summed E-state index contributed by atoms with van der Waals surface area (Å²) >= 11 is 0. The maximum Gasteiger partial charge on any atom is 0.255 e. The molecule has 10 heteroatoms. The Morgan fingerprint density at radius 3 is 2.59 bits per heavy atom. The maximum absolute atomic E-state index is 14.4. The van der Waals surface area contributed by atoms with E-state index in [9.17, 15) is 18.4 Å². The second-order valence-corrected chi connectivity index (χ2v) is 8.49. The van der Waals surface area contributed by atoms with Crippen molar-refractivity contribution in [3.8, 4) is 11.3 Å². The molecule has 3 N–H and O–H groups in total. The van der Waals surface area contributed by atoms with Gasteiger partial charge in [-0.1, -0.05) is 12.1 Å². The number of fused-ring (bicyclic) bond motifs is 1. The fourth-order valence-corrected chi connectivity index (χ4v) is 4.36. The van der Waals surface area contributed by atoms with Crippen LogP contribution in [0.2, 0.25) is 0 Å². The fraction of sp³-hybridized carbons (Fsp3) is 0.250. The SMILES string of the molecule is CN1CCN[C@@](C)(c2ccc(Nc3cc(-c4c(F)cccc4F)nc4c3C(=O)NC4)nc2)C1=O. The third-order valence-electron chi connectivity index (χ3n) is 6.26.